The maximum Gasteiger partial charge on any atom is 0.323 e. The molecule has 3 N–H and O–H groups in total. The summed E-state index contributed by atoms with van der Waals surface area (Å²) in [6, 6.07) is 0.964. The van der Waals surface area contributed by atoms with Crippen molar-refractivity contribution in [1.82, 2.24) is 15.6 Å². The molecule has 4 rings (SSSR count). The molecule has 0 aliphatic carbocycles. The Kier molecular flexibility index (Phi) is 5.35. The van der Waals surface area contributed by atoms with E-state index in [9.17, 15) is 18.0 Å². The molecule has 1 fully saturated rings. The van der Waals surface area contributed by atoms with E-state index >= 15 is 0 Å². The molecule has 7 nitrogen and oxygen atoms in total. The average molecular weight is 441 g/mol. The molecule has 2 amide bonds. The third kappa shape index (κ3) is 4.09. The second kappa shape index (κ2) is 7.82. The van der Waals surface area contributed by atoms with Crippen molar-refractivity contribution >= 4 is 35.0 Å². The average Bonchev–Trinajstić information content (AvgIpc) is 3.09. The van der Waals surface area contributed by atoms with Crippen LogP contribution in [0, 0.1) is 11.8 Å². The van der Waals surface area contributed by atoms with Gasteiger partial charge in [-0.3, -0.25) is 0 Å². The van der Waals surface area contributed by atoms with Crippen LogP contribution in [0.1, 0.15) is 19.8 Å². The van der Waals surface area contributed by atoms with Gasteiger partial charge in [-0.1, -0.05) is 18.5 Å². The molecule has 1 saturated heterocycles. The van der Waals surface area contributed by atoms with E-state index in [1.807, 2.05) is 0 Å². The Balaban J connectivity index is 1.38. The van der Waals surface area contributed by atoms with Gasteiger partial charge in [0.15, 0.2) is 0 Å². The molecule has 0 saturated carbocycles. The lowest BCUT2D eigenvalue weighted by Crippen LogP contribution is -2.39. The maximum absolute atomic E-state index is 13.9. The zero-order chi connectivity index (χ0) is 21.5. The lowest BCUT2D eigenvalue weighted by atomic mass is 9.89. The molecule has 30 heavy (non-hydrogen) atoms. The highest BCUT2D eigenvalue weighted by molar-refractivity contribution is 6.33. The molecule has 3 aliphatic rings. The van der Waals surface area contributed by atoms with E-state index < -0.39 is 23.8 Å². The number of piperidine rings is 1. The third-order valence-electron chi connectivity index (χ3n) is 5.43. The van der Waals surface area contributed by atoms with Crippen LogP contribution in [0.4, 0.5) is 29.5 Å². The van der Waals surface area contributed by atoms with Gasteiger partial charge in [0, 0.05) is 49.8 Å². The number of hydrogen-bond acceptors (Lipinski definition) is 5. The summed E-state index contributed by atoms with van der Waals surface area (Å²) < 4.78 is 40.5. The number of rotatable bonds is 3. The molecule has 0 bridgehead atoms. The standard InChI is InChI=1S/C19H20ClF3N6O/c1-10-12(21)7-25-17-16(10)14(9-26-17)28-18(30)27-13-8-24-15(6-11(13)20)29-4-2-19(22,23)3-5-29/h6-10,16H,2-5H2,1H3,(H,25,26)(H2,27,28,30). The van der Waals surface area contributed by atoms with E-state index in [-0.39, 0.29) is 42.5 Å². The van der Waals surface area contributed by atoms with Gasteiger partial charge in [0.2, 0.25) is 0 Å². The quantitative estimate of drug-likeness (QED) is 0.663. The first-order chi connectivity index (χ1) is 14.2. The minimum atomic E-state index is -2.65. The van der Waals surface area contributed by atoms with E-state index in [1.54, 1.807) is 18.0 Å². The van der Waals surface area contributed by atoms with Crippen LogP contribution in [0.5, 0.6) is 0 Å². The van der Waals surface area contributed by atoms with E-state index in [2.05, 4.69) is 25.9 Å². The van der Waals surface area contributed by atoms with Gasteiger partial charge < -0.3 is 20.9 Å². The lowest BCUT2D eigenvalue weighted by Gasteiger charge is -2.32. The Morgan fingerprint density at radius 2 is 2.07 bits per heavy atom. The lowest BCUT2D eigenvalue weighted by molar-refractivity contribution is -0.0221. The van der Waals surface area contributed by atoms with Crippen LogP contribution < -0.4 is 20.9 Å². The summed E-state index contributed by atoms with van der Waals surface area (Å²) >= 11 is 6.26. The van der Waals surface area contributed by atoms with Gasteiger partial charge in [0.1, 0.15) is 17.5 Å². The summed E-state index contributed by atoms with van der Waals surface area (Å²) in [6.07, 6.45) is 3.64. The van der Waals surface area contributed by atoms with E-state index in [0.29, 0.717) is 17.4 Å². The van der Waals surface area contributed by atoms with Gasteiger partial charge in [-0.05, 0) is 0 Å². The van der Waals surface area contributed by atoms with Crippen LogP contribution in [0.3, 0.4) is 0 Å². The number of aromatic nitrogens is 1. The largest absolute Gasteiger partial charge is 0.356 e. The second-order valence-corrected chi connectivity index (χ2v) is 7.89. The van der Waals surface area contributed by atoms with Gasteiger partial charge in [-0.25, -0.2) is 27.9 Å². The Hall–Kier alpha value is -2.75. The van der Waals surface area contributed by atoms with Crippen molar-refractivity contribution in [2.45, 2.75) is 25.7 Å². The van der Waals surface area contributed by atoms with E-state index in [1.165, 1.54) is 12.3 Å². The minimum absolute atomic E-state index is 0.180. The number of allylic oxidation sites excluding steroid dienone is 1. The normalized spacial score (nSPS) is 24.8. The highest BCUT2D eigenvalue weighted by Crippen LogP contribution is 2.34. The van der Waals surface area contributed by atoms with Crippen molar-refractivity contribution in [3.63, 3.8) is 0 Å². The summed E-state index contributed by atoms with van der Waals surface area (Å²) in [6.45, 7) is 2.07. The Labute approximate surface area is 176 Å². The molecule has 0 aromatic carbocycles. The number of carbonyl (C=O) groups excluding carboxylic acids is 1. The number of nitrogens with one attached hydrogen (secondary N) is 3. The number of halogens is 4. The van der Waals surface area contributed by atoms with Crippen LogP contribution in [-0.2, 0) is 0 Å². The Bertz CT molecular complexity index is 954. The molecular weight excluding hydrogens is 421 g/mol. The highest BCUT2D eigenvalue weighted by Gasteiger charge is 2.37. The van der Waals surface area contributed by atoms with Gasteiger partial charge in [-0.15, -0.1) is 0 Å². The molecule has 1 aromatic heterocycles. The van der Waals surface area contributed by atoms with Crippen LogP contribution in [0.15, 0.2) is 41.2 Å². The molecule has 2 unspecified atom stereocenters. The fourth-order valence-electron chi connectivity index (χ4n) is 3.66. The minimum Gasteiger partial charge on any atom is -0.356 e. The third-order valence-corrected chi connectivity index (χ3v) is 5.74. The fraction of sp³-hybridized carbons (Fsp3) is 0.421. The molecule has 4 heterocycles. The van der Waals surface area contributed by atoms with Crippen LogP contribution in [0.2, 0.25) is 5.02 Å². The number of fused-ring (bicyclic) bond motifs is 1. The summed E-state index contributed by atoms with van der Waals surface area (Å²) in [4.78, 5) is 22.4. The van der Waals surface area contributed by atoms with Crippen LogP contribution >= 0.6 is 11.6 Å². The highest BCUT2D eigenvalue weighted by atomic mass is 35.5. The number of urea groups is 1. The zero-order valence-corrected chi connectivity index (χ0v) is 16.8. The van der Waals surface area contributed by atoms with Gasteiger partial charge >= 0.3 is 6.03 Å². The fourth-order valence-corrected chi connectivity index (χ4v) is 3.85. The molecule has 3 aliphatic heterocycles. The number of anilines is 2. The second-order valence-electron chi connectivity index (χ2n) is 7.48. The van der Waals surface area contributed by atoms with Crippen molar-refractivity contribution in [2.24, 2.45) is 16.8 Å². The van der Waals surface area contributed by atoms with Crippen molar-refractivity contribution < 1.29 is 18.0 Å². The van der Waals surface area contributed by atoms with Crippen molar-refractivity contribution in [3.05, 3.63) is 41.2 Å². The van der Waals surface area contributed by atoms with Crippen molar-refractivity contribution in [3.8, 4) is 0 Å². The molecule has 0 spiro atoms. The van der Waals surface area contributed by atoms with E-state index in [4.69, 9.17) is 11.6 Å². The van der Waals surface area contributed by atoms with Gasteiger partial charge in [0.25, 0.3) is 5.92 Å². The number of nitrogens with zero attached hydrogens (tertiary/aromatic N) is 3. The predicted molar refractivity (Wildman–Crippen MR) is 108 cm³/mol. The molecule has 11 heteroatoms. The van der Waals surface area contributed by atoms with Crippen LogP contribution in [0.25, 0.3) is 0 Å². The maximum atomic E-state index is 13.9. The first-order valence-corrected chi connectivity index (χ1v) is 9.87. The number of alkyl halides is 2. The molecule has 1 aromatic rings. The van der Waals surface area contributed by atoms with Gasteiger partial charge in [0.05, 0.1) is 29.0 Å². The summed E-state index contributed by atoms with van der Waals surface area (Å²) in [5.41, 5.74) is 0.750. The van der Waals surface area contributed by atoms with Crippen molar-refractivity contribution in [2.75, 3.05) is 23.3 Å². The molecule has 160 valence electrons. The first kappa shape index (κ1) is 20.5. The van der Waals surface area contributed by atoms with E-state index in [0.717, 1.165) is 6.20 Å². The molecule has 0 radical (unpaired) electrons. The number of pyridine rings is 1. The number of amidine groups is 1. The van der Waals surface area contributed by atoms with Crippen LogP contribution in [-0.4, -0.2) is 35.9 Å². The zero-order valence-electron chi connectivity index (χ0n) is 16.1. The smallest absolute Gasteiger partial charge is 0.323 e. The summed E-state index contributed by atoms with van der Waals surface area (Å²) in [7, 11) is 0. The first-order valence-electron chi connectivity index (χ1n) is 9.50. The topological polar surface area (TPSA) is 81.6 Å². The summed E-state index contributed by atoms with van der Waals surface area (Å²) in [5, 5.41) is 8.44. The molecule has 2 atom stereocenters. The predicted octanol–water partition coefficient (Wildman–Crippen LogP) is 4.01. The SMILES string of the molecule is CC1C(F)=CN=C2NC=C(NC(=O)Nc3cnc(N4CCC(F)(F)CC4)cc3Cl)C21. The Morgan fingerprint density at radius 1 is 1.33 bits per heavy atom. The summed E-state index contributed by atoms with van der Waals surface area (Å²) in [5.74, 6) is -2.84. The monoisotopic (exact) mass is 440 g/mol. The number of carbonyl (C=O) groups is 1. The van der Waals surface area contributed by atoms with Gasteiger partial charge in [-0.2, -0.15) is 0 Å². The number of aliphatic imine (C=N–C) groups is 1. The number of hydrogen-bond donors (Lipinski definition) is 3. The molecular formula is C19H20ClF3N6O. The van der Waals surface area contributed by atoms with Crippen molar-refractivity contribution in [1.29, 1.82) is 0 Å². The Morgan fingerprint density at radius 3 is 2.77 bits per heavy atom. The number of amides is 2.